The molecular weight excluding hydrogens is 500 g/mol. The van der Waals surface area contributed by atoms with Crippen molar-refractivity contribution >= 4 is 39.1 Å². The van der Waals surface area contributed by atoms with Gasteiger partial charge in [0, 0.05) is 23.7 Å². The lowest BCUT2D eigenvalue weighted by Gasteiger charge is -2.32. The van der Waals surface area contributed by atoms with E-state index in [9.17, 15) is 26.8 Å². The Bertz CT molecular complexity index is 1190. The molecule has 1 aliphatic rings. The summed E-state index contributed by atoms with van der Waals surface area (Å²) in [6, 6.07) is 8.45. The second kappa shape index (κ2) is 11.3. The smallest absolute Gasteiger partial charge is 0.244 e. The summed E-state index contributed by atoms with van der Waals surface area (Å²) in [5, 5.41) is 3.34. The van der Waals surface area contributed by atoms with Crippen LogP contribution in [0.15, 0.2) is 42.5 Å². The summed E-state index contributed by atoms with van der Waals surface area (Å²) in [5.41, 5.74) is 0.363. The third-order valence-electron chi connectivity index (χ3n) is 6.04. The van der Waals surface area contributed by atoms with Crippen LogP contribution in [0.1, 0.15) is 38.2 Å². The number of rotatable bonds is 9. The topological polar surface area (TPSA) is 86.8 Å². The molecule has 2 aromatic carbocycles. The SMILES string of the molecule is CC(C(=O)NC1CCCC1)N(Cc1ccccc1Cl)C(=O)CN(c1ccc(F)c(F)c1)S(C)(=O)=O. The molecule has 190 valence electrons. The number of hydrogen-bond acceptors (Lipinski definition) is 4. The highest BCUT2D eigenvalue weighted by Gasteiger charge is 2.32. The summed E-state index contributed by atoms with van der Waals surface area (Å²) < 4.78 is 52.9. The summed E-state index contributed by atoms with van der Waals surface area (Å²) in [6.07, 6.45) is 4.60. The lowest BCUT2D eigenvalue weighted by Crippen LogP contribution is -2.52. The van der Waals surface area contributed by atoms with Gasteiger partial charge in [0.15, 0.2) is 11.6 Å². The second-order valence-electron chi connectivity index (χ2n) is 8.65. The summed E-state index contributed by atoms with van der Waals surface area (Å²) >= 11 is 6.28. The Kier molecular flexibility index (Phi) is 8.71. The third-order valence-corrected chi connectivity index (χ3v) is 7.55. The first-order valence-electron chi connectivity index (χ1n) is 11.2. The van der Waals surface area contributed by atoms with E-state index in [4.69, 9.17) is 11.6 Å². The number of nitrogens with one attached hydrogen (secondary N) is 1. The lowest BCUT2D eigenvalue weighted by molar-refractivity contribution is -0.139. The van der Waals surface area contributed by atoms with Crippen LogP contribution in [0.4, 0.5) is 14.5 Å². The molecule has 3 rings (SSSR count). The molecule has 0 aliphatic heterocycles. The Hall–Kier alpha value is -2.72. The van der Waals surface area contributed by atoms with Crippen molar-refractivity contribution in [2.45, 2.75) is 51.2 Å². The van der Waals surface area contributed by atoms with E-state index in [1.54, 1.807) is 31.2 Å². The first kappa shape index (κ1) is 26.9. The van der Waals surface area contributed by atoms with E-state index >= 15 is 0 Å². The highest BCUT2D eigenvalue weighted by molar-refractivity contribution is 7.92. The fourth-order valence-corrected chi connectivity index (χ4v) is 5.08. The van der Waals surface area contributed by atoms with E-state index < -0.39 is 40.2 Å². The van der Waals surface area contributed by atoms with E-state index in [1.807, 2.05) is 0 Å². The van der Waals surface area contributed by atoms with E-state index in [2.05, 4.69) is 5.32 Å². The molecule has 0 bridgehead atoms. The average molecular weight is 528 g/mol. The van der Waals surface area contributed by atoms with Crippen LogP contribution in [-0.4, -0.2) is 50.0 Å². The van der Waals surface area contributed by atoms with Gasteiger partial charge < -0.3 is 10.2 Å². The number of carbonyl (C=O) groups is 2. The van der Waals surface area contributed by atoms with Crippen LogP contribution < -0.4 is 9.62 Å². The van der Waals surface area contributed by atoms with Gasteiger partial charge in [-0.2, -0.15) is 0 Å². The molecule has 0 heterocycles. The molecule has 1 N–H and O–H groups in total. The van der Waals surface area contributed by atoms with Gasteiger partial charge in [-0.15, -0.1) is 0 Å². The quantitative estimate of drug-likeness (QED) is 0.536. The molecular formula is C24H28ClF2N3O4S. The summed E-state index contributed by atoms with van der Waals surface area (Å²) in [4.78, 5) is 27.7. The van der Waals surface area contributed by atoms with E-state index in [1.165, 1.54) is 4.90 Å². The van der Waals surface area contributed by atoms with Gasteiger partial charge >= 0.3 is 0 Å². The molecule has 0 aromatic heterocycles. The van der Waals surface area contributed by atoms with Crippen LogP contribution in [0.25, 0.3) is 0 Å². The minimum Gasteiger partial charge on any atom is -0.352 e. The number of hydrogen-bond donors (Lipinski definition) is 1. The van der Waals surface area contributed by atoms with E-state index in [-0.39, 0.29) is 24.2 Å². The van der Waals surface area contributed by atoms with Gasteiger partial charge in [-0.05, 0) is 43.5 Å². The molecule has 0 saturated heterocycles. The lowest BCUT2D eigenvalue weighted by atomic mass is 10.1. The largest absolute Gasteiger partial charge is 0.352 e. The zero-order chi connectivity index (χ0) is 25.8. The molecule has 0 spiro atoms. The van der Waals surface area contributed by atoms with Crippen LogP contribution in [0.3, 0.4) is 0 Å². The minimum absolute atomic E-state index is 0.0249. The Morgan fingerprint density at radius 2 is 1.77 bits per heavy atom. The molecule has 11 heteroatoms. The van der Waals surface area contributed by atoms with Crippen molar-refractivity contribution in [1.29, 1.82) is 0 Å². The normalized spacial score (nSPS) is 15.0. The standard InChI is InChI=1S/C24H28ClF2N3O4S/c1-16(24(32)28-18-8-4-5-9-18)29(14-17-7-3-6-10-20(17)25)23(31)15-30(35(2,33)34)19-11-12-21(26)22(27)13-19/h3,6-7,10-13,16,18H,4-5,8-9,14-15H2,1-2H3,(H,28,32). The molecule has 1 unspecified atom stereocenters. The maximum Gasteiger partial charge on any atom is 0.244 e. The van der Waals surface area contributed by atoms with Gasteiger partial charge in [-0.25, -0.2) is 17.2 Å². The number of nitrogens with zero attached hydrogens (tertiary/aromatic N) is 2. The Labute approximate surface area is 209 Å². The Morgan fingerprint density at radius 3 is 2.37 bits per heavy atom. The van der Waals surface area contributed by atoms with Crippen molar-refractivity contribution in [3.8, 4) is 0 Å². The van der Waals surface area contributed by atoms with Gasteiger partial charge in [-0.3, -0.25) is 13.9 Å². The number of anilines is 1. The molecule has 2 aromatic rings. The predicted molar refractivity (Wildman–Crippen MR) is 130 cm³/mol. The zero-order valence-electron chi connectivity index (χ0n) is 19.5. The highest BCUT2D eigenvalue weighted by atomic mass is 35.5. The molecule has 1 aliphatic carbocycles. The van der Waals surface area contributed by atoms with Crippen molar-refractivity contribution in [1.82, 2.24) is 10.2 Å². The molecule has 1 fully saturated rings. The minimum atomic E-state index is -4.05. The second-order valence-corrected chi connectivity index (χ2v) is 11.0. The van der Waals surface area contributed by atoms with Crippen molar-refractivity contribution in [3.63, 3.8) is 0 Å². The molecule has 7 nitrogen and oxygen atoms in total. The Morgan fingerprint density at radius 1 is 1.11 bits per heavy atom. The van der Waals surface area contributed by atoms with Crippen LogP contribution >= 0.6 is 11.6 Å². The highest BCUT2D eigenvalue weighted by Crippen LogP contribution is 2.23. The first-order chi connectivity index (χ1) is 16.5. The summed E-state index contributed by atoms with van der Waals surface area (Å²) in [5.74, 6) is -3.46. The molecule has 35 heavy (non-hydrogen) atoms. The van der Waals surface area contributed by atoms with Crippen LogP contribution in [0.2, 0.25) is 5.02 Å². The number of amides is 2. The third kappa shape index (κ3) is 6.91. The molecule has 0 radical (unpaired) electrons. The first-order valence-corrected chi connectivity index (χ1v) is 13.5. The van der Waals surface area contributed by atoms with Crippen molar-refractivity contribution in [3.05, 3.63) is 64.7 Å². The molecule has 1 saturated carbocycles. The fraction of sp³-hybridized carbons (Fsp3) is 0.417. The van der Waals surface area contributed by atoms with Crippen LogP contribution in [0, 0.1) is 11.6 Å². The number of carbonyl (C=O) groups excluding carboxylic acids is 2. The van der Waals surface area contributed by atoms with Crippen molar-refractivity contribution in [2.24, 2.45) is 0 Å². The number of benzene rings is 2. The average Bonchev–Trinajstić information content (AvgIpc) is 3.30. The maximum absolute atomic E-state index is 13.8. The van der Waals surface area contributed by atoms with Gasteiger partial charge in [-0.1, -0.05) is 42.6 Å². The van der Waals surface area contributed by atoms with E-state index in [0.29, 0.717) is 21.0 Å². The van der Waals surface area contributed by atoms with Crippen LogP contribution in [0.5, 0.6) is 0 Å². The summed E-state index contributed by atoms with van der Waals surface area (Å²) in [7, 11) is -4.05. The monoisotopic (exact) mass is 527 g/mol. The summed E-state index contributed by atoms with van der Waals surface area (Å²) in [6.45, 7) is 0.796. The van der Waals surface area contributed by atoms with Gasteiger partial charge in [0.25, 0.3) is 0 Å². The number of halogens is 3. The maximum atomic E-state index is 13.8. The predicted octanol–water partition coefficient (Wildman–Crippen LogP) is 3.86. The van der Waals surface area contributed by atoms with Crippen LogP contribution in [-0.2, 0) is 26.2 Å². The number of sulfonamides is 1. The Balaban J connectivity index is 1.90. The van der Waals surface area contributed by atoms with Gasteiger partial charge in [0.05, 0.1) is 11.9 Å². The molecule has 2 amide bonds. The fourth-order valence-electron chi connectivity index (χ4n) is 4.04. The van der Waals surface area contributed by atoms with Crippen molar-refractivity contribution in [2.75, 3.05) is 17.1 Å². The molecule has 1 atom stereocenters. The van der Waals surface area contributed by atoms with E-state index in [0.717, 1.165) is 44.1 Å². The van der Waals surface area contributed by atoms with Crippen molar-refractivity contribution < 1.29 is 26.8 Å². The van der Waals surface area contributed by atoms with Gasteiger partial charge in [0.1, 0.15) is 12.6 Å². The van der Waals surface area contributed by atoms with Gasteiger partial charge in [0.2, 0.25) is 21.8 Å². The zero-order valence-corrected chi connectivity index (χ0v) is 21.1.